The van der Waals surface area contributed by atoms with Crippen LogP contribution >= 0.6 is 0 Å². The molecule has 94 valence electrons. The molecule has 2 nitrogen and oxygen atoms in total. The predicted molar refractivity (Wildman–Crippen MR) is 71.5 cm³/mol. The molecule has 1 saturated heterocycles. The second-order valence-electron chi connectivity index (χ2n) is 4.99. The molecule has 0 radical (unpaired) electrons. The number of aryl methyl sites for hydroxylation is 3. The third-order valence-electron chi connectivity index (χ3n) is 3.53. The fourth-order valence-corrected chi connectivity index (χ4v) is 2.39. The van der Waals surface area contributed by atoms with Crippen LogP contribution in [0.5, 0.6) is 0 Å². The second kappa shape index (κ2) is 6.18. The van der Waals surface area contributed by atoms with Crippen LogP contribution in [0.2, 0.25) is 0 Å². The summed E-state index contributed by atoms with van der Waals surface area (Å²) in [5, 5.41) is 0. The van der Waals surface area contributed by atoms with Gasteiger partial charge in [0, 0.05) is 13.1 Å². The number of hydrogen-bond acceptors (Lipinski definition) is 2. The Morgan fingerprint density at radius 3 is 2.71 bits per heavy atom. The molecule has 0 amide bonds. The van der Waals surface area contributed by atoms with Gasteiger partial charge >= 0.3 is 0 Å². The summed E-state index contributed by atoms with van der Waals surface area (Å²) in [6.45, 7) is 9.61. The molecule has 1 aliphatic rings. The maximum Gasteiger partial charge on any atom is 0.0594 e. The van der Waals surface area contributed by atoms with E-state index in [2.05, 4.69) is 36.9 Å². The van der Waals surface area contributed by atoms with Gasteiger partial charge in [-0.1, -0.05) is 23.8 Å². The summed E-state index contributed by atoms with van der Waals surface area (Å²) < 4.78 is 5.36. The van der Waals surface area contributed by atoms with Gasteiger partial charge in [-0.2, -0.15) is 0 Å². The molecule has 1 fully saturated rings. The van der Waals surface area contributed by atoms with Gasteiger partial charge in [0.25, 0.3) is 0 Å². The fourth-order valence-electron chi connectivity index (χ4n) is 2.39. The van der Waals surface area contributed by atoms with Gasteiger partial charge in [-0.05, 0) is 44.4 Å². The zero-order chi connectivity index (χ0) is 12.1. The van der Waals surface area contributed by atoms with Gasteiger partial charge in [-0.15, -0.1) is 0 Å². The third kappa shape index (κ3) is 3.83. The van der Waals surface area contributed by atoms with Crippen molar-refractivity contribution in [2.45, 2.75) is 26.7 Å². The molecule has 1 aromatic carbocycles. The summed E-state index contributed by atoms with van der Waals surface area (Å²) in [6.07, 6.45) is 2.45. The number of morpholine rings is 1. The highest BCUT2D eigenvalue weighted by Gasteiger charge is 2.09. The molecule has 17 heavy (non-hydrogen) atoms. The lowest BCUT2D eigenvalue weighted by atomic mass is 10.0. The highest BCUT2D eigenvalue weighted by Crippen LogP contribution is 2.13. The van der Waals surface area contributed by atoms with Gasteiger partial charge < -0.3 is 4.74 Å². The Balaban J connectivity index is 1.79. The summed E-state index contributed by atoms with van der Waals surface area (Å²) in [4.78, 5) is 2.51. The maximum atomic E-state index is 5.36. The first-order valence-electron chi connectivity index (χ1n) is 6.62. The highest BCUT2D eigenvalue weighted by molar-refractivity contribution is 5.30. The highest BCUT2D eigenvalue weighted by atomic mass is 16.5. The zero-order valence-electron chi connectivity index (χ0n) is 11.0. The van der Waals surface area contributed by atoms with Crippen molar-refractivity contribution in [1.29, 1.82) is 0 Å². The molecule has 2 heteroatoms. The second-order valence-corrected chi connectivity index (χ2v) is 4.99. The molecule has 0 saturated carbocycles. The van der Waals surface area contributed by atoms with Crippen molar-refractivity contribution in [2.24, 2.45) is 0 Å². The maximum absolute atomic E-state index is 5.36. The van der Waals surface area contributed by atoms with E-state index in [0.29, 0.717) is 0 Å². The Morgan fingerprint density at radius 2 is 1.94 bits per heavy atom. The van der Waals surface area contributed by atoms with Crippen LogP contribution in [0.1, 0.15) is 23.1 Å². The van der Waals surface area contributed by atoms with E-state index in [1.165, 1.54) is 36.1 Å². The van der Waals surface area contributed by atoms with E-state index in [1.54, 1.807) is 0 Å². The lowest BCUT2D eigenvalue weighted by Crippen LogP contribution is -2.36. The number of ether oxygens (including phenoxy) is 1. The quantitative estimate of drug-likeness (QED) is 0.792. The van der Waals surface area contributed by atoms with E-state index in [-0.39, 0.29) is 0 Å². The molecule has 0 aliphatic carbocycles. The Hall–Kier alpha value is -0.860. The molecule has 0 N–H and O–H groups in total. The largest absolute Gasteiger partial charge is 0.379 e. The minimum Gasteiger partial charge on any atom is -0.379 e. The van der Waals surface area contributed by atoms with Crippen LogP contribution in [0, 0.1) is 13.8 Å². The normalized spacial score (nSPS) is 17.3. The topological polar surface area (TPSA) is 12.5 Å². The summed E-state index contributed by atoms with van der Waals surface area (Å²) in [5.74, 6) is 0. The molecular weight excluding hydrogens is 210 g/mol. The summed E-state index contributed by atoms with van der Waals surface area (Å²) in [7, 11) is 0. The number of rotatable bonds is 4. The van der Waals surface area contributed by atoms with Crippen molar-refractivity contribution in [1.82, 2.24) is 4.90 Å². The van der Waals surface area contributed by atoms with Gasteiger partial charge in [0.15, 0.2) is 0 Å². The SMILES string of the molecule is Cc1ccc(C)c(CCCN2CCOCC2)c1. The number of hydrogen-bond donors (Lipinski definition) is 0. The molecule has 2 rings (SSSR count). The van der Waals surface area contributed by atoms with Crippen molar-refractivity contribution < 1.29 is 4.74 Å². The van der Waals surface area contributed by atoms with E-state index in [9.17, 15) is 0 Å². The molecule has 0 bridgehead atoms. The first-order valence-corrected chi connectivity index (χ1v) is 6.62. The van der Waals surface area contributed by atoms with Crippen LogP contribution in [0.4, 0.5) is 0 Å². The van der Waals surface area contributed by atoms with Gasteiger partial charge in [0.2, 0.25) is 0 Å². The molecule has 0 spiro atoms. The Kier molecular flexibility index (Phi) is 4.57. The lowest BCUT2D eigenvalue weighted by Gasteiger charge is -2.26. The van der Waals surface area contributed by atoms with E-state index in [1.807, 2.05) is 0 Å². The standard InChI is InChI=1S/C15H23NO/c1-13-5-6-14(2)15(12-13)4-3-7-16-8-10-17-11-9-16/h5-6,12H,3-4,7-11H2,1-2H3. The van der Waals surface area contributed by atoms with Crippen LogP contribution < -0.4 is 0 Å². The summed E-state index contributed by atoms with van der Waals surface area (Å²) >= 11 is 0. The first kappa shape index (κ1) is 12.6. The minimum absolute atomic E-state index is 0.906. The summed E-state index contributed by atoms with van der Waals surface area (Å²) in [6, 6.07) is 6.76. The van der Waals surface area contributed by atoms with Gasteiger partial charge in [-0.3, -0.25) is 4.90 Å². The van der Waals surface area contributed by atoms with Crippen LogP contribution in [0.25, 0.3) is 0 Å². The molecule has 0 atom stereocenters. The van der Waals surface area contributed by atoms with Crippen LogP contribution in [-0.4, -0.2) is 37.7 Å². The third-order valence-corrected chi connectivity index (χ3v) is 3.53. The average Bonchev–Trinajstić information content (AvgIpc) is 2.35. The van der Waals surface area contributed by atoms with E-state index in [0.717, 1.165) is 26.3 Å². The molecule has 0 unspecified atom stereocenters. The molecule has 1 aromatic rings. The van der Waals surface area contributed by atoms with Crippen LogP contribution in [0.15, 0.2) is 18.2 Å². The van der Waals surface area contributed by atoms with Crippen molar-refractivity contribution in [3.05, 3.63) is 34.9 Å². The molecular formula is C15H23NO. The Morgan fingerprint density at radius 1 is 1.18 bits per heavy atom. The lowest BCUT2D eigenvalue weighted by molar-refractivity contribution is 0.0374. The monoisotopic (exact) mass is 233 g/mol. The number of benzene rings is 1. The zero-order valence-corrected chi connectivity index (χ0v) is 11.0. The van der Waals surface area contributed by atoms with Crippen LogP contribution in [0.3, 0.4) is 0 Å². The van der Waals surface area contributed by atoms with Crippen LogP contribution in [-0.2, 0) is 11.2 Å². The van der Waals surface area contributed by atoms with Crippen molar-refractivity contribution in [3.63, 3.8) is 0 Å². The van der Waals surface area contributed by atoms with Crippen molar-refractivity contribution in [2.75, 3.05) is 32.8 Å². The fraction of sp³-hybridized carbons (Fsp3) is 0.600. The van der Waals surface area contributed by atoms with Crippen molar-refractivity contribution >= 4 is 0 Å². The van der Waals surface area contributed by atoms with Gasteiger partial charge in [-0.25, -0.2) is 0 Å². The van der Waals surface area contributed by atoms with E-state index >= 15 is 0 Å². The Bertz CT molecular complexity index is 356. The summed E-state index contributed by atoms with van der Waals surface area (Å²) in [5.41, 5.74) is 4.31. The molecule has 1 heterocycles. The van der Waals surface area contributed by atoms with Gasteiger partial charge in [0.05, 0.1) is 13.2 Å². The minimum atomic E-state index is 0.906. The molecule has 0 aromatic heterocycles. The van der Waals surface area contributed by atoms with E-state index < -0.39 is 0 Å². The Labute approximate surface area is 105 Å². The van der Waals surface area contributed by atoms with E-state index in [4.69, 9.17) is 4.74 Å². The molecule has 1 aliphatic heterocycles. The predicted octanol–water partition coefficient (Wildman–Crippen LogP) is 2.57. The smallest absolute Gasteiger partial charge is 0.0594 e. The number of nitrogens with zero attached hydrogens (tertiary/aromatic N) is 1. The average molecular weight is 233 g/mol. The van der Waals surface area contributed by atoms with Crippen molar-refractivity contribution in [3.8, 4) is 0 Å². The van der Waals surface area contributed by atoms with Gasteiger partial charge in [0.1, 0.15) is 0 Å². The first-order chi connectivity index (χ1) is 8.25.